The van der Waals surface area contributed by atoms with Gasteiger partial charge >= 0.3 is 5.97 Å². The Morgan fingerprint density at radius 3 is 2.44 bits per heavy atom. The molecule has 0 aliphatic heterocycles. The van der Waals surface area contributed by atoms with Gasteiger partial charge in [-0.15, -0.1) is 0 Å². The number of nitrogens with zero attached hydrogens (tertiary/aromatic N) is 1. The fourth-order valence-corrected chi connectivity index (χ4v) is 2.06. The molecule has 0 aromatic heterocycles. The van der Waals surface area contributed by atoms with Crippen molar-refractivity contribution < 1.29 is 14.3 Å². The molecule has 0 atom stereocenters. The Morgan fingerprint density at radius 2 is 1.94 bits per heavy atom. The summed E-state index contributed by atoms with van der Waals surface area (Å²) in [7, 11) is 1.31. The highest BCUT2D eigenvalue weighted by molar-refractivity contribution is 14.1. The van der Waals surface area contributed by atoms with Gasteiger partial charge in [0.05, 0.1) is 12.4 Å². The van der Waals surface area contributed by atoms with E-state index in [1.807, 2.05) is 24.3 Å². The Morgan fingerprint density at radius 1 is 1.33 bits per heavy atom. The first-order valence-electron chi connectivity index (χ1n) is 5.21. The first-order valence-corrected chi connectivity index (χ1v) is 7.42. The second kappa shape index (κ2) is 7.73. The summed E-state index contributed by atoms with van der Waals surface area (Å²) in [5, 5.41) is 0.189. The van der Waals surface area contributed by atoms with Crippen LogP contribution in [0.15, 0.2) is 24.3 Å². The molecule has 1 aromatic rings. The van der Waals surface area contributed by atoms with Crippen molar-refractivity contribution in [3.8, 4) is 0 Å². The highest BCUT2D eigenvalue weighted by Gasteiger charge is 2.16. The SMILES string of the molecule is COC(=O)CN(Cc1ccc(I)cc1)C(=O)CBr. The van der Waals surface area contributed by atoms with Crippen molar-refractivity contribution in [3.05, 3.63) is 33.4 Å². The zero-order valence-corrected chi connectivity index (χ0v) is 13.6. The molecule has 1 aromatic carbocycles. The highest BCUT2D eigenvalue weighted by Crippen LogP contribution is 2.10. The van der Waals surface area contributed by atoms with Crippen LogP contribution in [0.2, 0.25) is 0 Å². The normalized spacial score (nSPS) is 9.94. The van der Waals surface area contributed by atoms with E-state index in [0.29, 0.717) is 6.54 Å². The zero-order chi connectivity index (χ0) is 13.5. The Bertz CT molecular complexity index is 422. The number of hydrogen-bond donors (Lipinski definition) is 0. The Balaban J connectivity index is 2.74. The van der Waals surface area contributed by atoms with Crippen LogP contribution >= 0.6 is 38.5 Å². The van der Waals surface area contributed by atoms with E-state index in [0.717, 1.165) is 9.13 Å². The summed E-state index contributed by atoms with van der Waals surface area (Å²) in [6.45, 7) is 0.364. The van der Waals surface area contributed by atoms with E-state index in [-0.39, 0.29) is 17.8 Å². The number of rotatable bonds is 5. The van der Waals surface area contributed by atoms with Gasteiger partial charge < -0.3 is 9.64 Å². The number of alkyl halides is 1. The summed E-state index contributed by atoms with van der Waals surface area (Å²) >= 11 is 5.32. The molecule has 4 nitrogen and oxygen atoms in total. The van der Waals surface area contributed by atoms with Gasteiger partial charge in [-0.25, -0.2) is 0 Å². The number of hydrogen-bond acceptors (Lipinski definition) is 3. The average molecular weight is 426 g/mol. The summed E-state index contributed by atoms with van der Waals surface area (Å²) < 4.78 is 5.71. The van der Waals surface area contributed by atoms with Gasteiger partial charge in [-0.1, -0.05) is 28.1 Å². The first-order chi connectivity index (χ1) is 8.56. The van der Waals surface area contributed by atoms with Gasteiger partial charge in [0.15, 0.2) is 0 Å². The van der Waals surface area contributed by atoms with Crippen molar-refractivity contribution in [1.82, 2.24) is 4.90 Å². The third kappa shape index (κ3) is 4.93. The molecular formula is C12H13BrINO3. The maximum absolute atomic E-state index is 11.7. The molecule has 0 aliphatic carbocycles. The molecule has 0 heterocycles. The van der Waals surface area contributed by atoms with Crippen molar-refractivity contribution in [2.75, 3.05) is 19.0 Å². The molecule has 0 N–H and O–H groups in total. The van der Waals surface area contributed by atoms with Crippen LogP contribution in [0.1, 0.15) is 5.56 Å². The molecule has 1 rings (SSSR count). The molecule has 1 amide bonds. The Hall–Kier alpha value is -0.630. The topological polar surface area (TPSA) is 46.6 Å². The molecule has 6 heteroatoms. The van der Waals surface area contributed by atoms with E-state index in [4.69, 9.17) is 0 Å². The number of carbonyl (C=O) groups excluding carboxylic acids is 2. The number of ether oxygens (including phenoxy) is 1. The molecule has 18 heavy (non-hydrogen) atoms. The monoisotopic (exact) mass is 425 g/mol. The molecule has 0 bridgehead atoms. The molecule has 0 unspecified atom stereocenters. The average Bonchev–Trinajstić information content (AvgIpc) is 2.39. The minimum absolute atomic E-state index is 0.0348. The minimum Gasteiger partial charge on any atom is -0.468 e. The van der Waals surface area contributed by atoms with Gasteiger partial charge in [-0.3, -0.25) is 9.59 Å². The van der Waals surface area contributed by atoms with E-state index >= 15 is 0 Å². The summed E-state index contributed by atoms with van der Waals surface area (Å²) in [6, 6.07) is 7.80. The molecule has 0 aliphatic rings. The predicted octanol–water partition coefficient (Wildman–Crippen LogP) is 2.19. The first kappa shape index (κ1) is 15.4. The number of carbonyl (C=O) groups is 2. The van der Waals surface area contributed by atoms with Gasteiger partial charge in [-0.2, -0.15) is 0 Å². The molecule has 0 radical (unpaired) electrons. The standard InChI is InChI=1S/C12H13BrINO3/c1-18-12(17)8-15(11(16)6-13)7-9-2-4-10(14)5-3-9/h2-5H,6-8H2,1H3. The summed E-state index contributed by atoms with van der Waals surface area (Å²) in [4.78, 5) is 24.4. The number of halogens is 2. The van der Waals surface area contributed by atoms with Crippen LogP contribution in [-0.4, -0.2) is 35.8 Å². The fraction of sp³-hybridized carbons (Fsp3) is 0.333. The van der Waals surface area contributed by atoms with Crippen molar-refractivity contribution in [3.63, 3.8) is 0 Å². The molecular weight excluding hydrogens is 413 g/mol. The fourth-order valence-electron chi connectivity index (χ4n) is 1.35. The Kier molecular flexibility index (Phi) is 6.62. The van der Waals surface area contributed by atoms with Crippen LogP contribution in [0.4, 0.5) is 0 Å². The smallest absolute Gasteiger partial charge is 0.325 e. The molecule has 0 saturated carbocycles. The van der Waals surface area contributed by atoms with Crippen LogP contribution in [0.25, 0.3) is 0 Å². The van der Waals surface area contributed by atoms with Gasteiger partial charge in [0.25, 0.3) is 0 Å². The number of esters is 1. The minimum atomic E-state index is -0.421. The number of amides is 1. The highest BCUT2D eigenvalue weighted by atomic mass is 127. The van der Waals surface area contributed by atoms with E-state index < -0.39 is 5.97 Å². The van der Waals surface area contributed by atoms with Crippen LogP contribution in [-0.2, 0) is 20.9 Å². The van der Waals surface area contributed by atoms with Crippen molar-refractivity contribution in [2.45, 2.75) is 6.54 Å². The summed E-state index contributed by atoms with van der Waals surface area (Å²) in [6.07, 6.45) is 0. The summed E-state index contributed by atoms with van der Waals surface area (Å²) in [5.74, 6) is -0.561. The number of benzene rings is 1. The second-order valence-corrected chi connectivity index (χ2v) is 5.39. The van der Waals surface area contributed by atoms with Gasteiger partial charge in [-0.05, 0) is 40.3 Å². The lowest BCUT2D eigenvalue weighted by molar-refractivity contribution is -0.146. The lowest BCUT2D eigenvalue weighted by atomic mass is 10.2. The lowest BCUT2D eigenvalue weighted by Crippen LogP contribution is -2.36. The van der Waals surface area contributed by atoms with Crippen LogP contribution in [0, 0.1) is 3.57 Å². The van der Waals surface area contributed by atoms with Crippen LogP contribution in [0.3, 0.4) is 0 Å². The van der Waals surface area contributed by atoms with E-state index in [9.17, 15) is 9.59 Å². The van der Waals surface area contributed by atoms with Crippen LogP contribution < -0.4 is 0 Å². The van der Waals surface area contributed by atoms with Gasteiger partial charge in [0.1, 0.15) is 6.54 Å². The third-order valence-electron chi connectivity index (χ3n) is 2.30. The zero-order valence-electron chi connectivity index (χ0n) is 9.86. The molecule has 0 spiro atoms. The lowest BCUT2D eigenvalue weighted by Gasteiger charge is -2.20. The maximum atomic E-state index is 11.7. The second-order valence-electron chi connectivity index (χ2n) is 3.59. The quantitative estimate of drug-likeness (QED) is 0.412. The molecule has 0 saturated heterocycles. The largest absolute Gasteiger partial charge is 0.468 e. The molecule has 0 fully saturated rings. The molecule has 98 valence electrons. The predicted molar refractivity (Wildman–Crippen MR) is 80.4 cm³/mol. The van der Waals surface area contributed by atoms with E-state index in [1.165, 1.54) is 12.0 Å². The van der Waals surface area contributed by atoms with E-state index in [2.05, 4.69) is 43.3 Å². The summed E-state index contributed by atoms with van der Waals surface area (Å²) in [5.41, 5.74) is 0.980. The number of methoxy groups -OCH3 is 1. The van der Waals surface area contributed by atoms with E-state index in [1.54, 1.807) is 0 Å². The Labute approximate surface area is 128 Å². The van der Waals surface area contributed by atoms with Crippen molar-refractivity contribution in [1.29, 1.82) is 0 Å². The maximum Gasteiger partial charge on any atom is 0.325 e. The van der Waals surface area contributed by atoms with Crippen LogP contribution in [0.5, 0.6) is 0 Å². The van der Waals surface area contributed by atoms with Crippen molar-refractivity contribution in [2.24, 2.45) is 0 Å². The van der Waals surface area contributed by atoms with Gasteiger partial charge in [0.2, 0.25) is 5.91 Å². The van der Waals surface area contributed by atoms with Crippen molar-refractivity contribution >= 4 is 50.4 Å². The van der Waals surface area contributed by atoms with Gasteiger partial charge in [0, 0.05) is 10.1 Å². The third-order valence-corrected chi connectivity index (χ3v) is 3.50.